The van der Waals surface area contributed by atoms with Crippen molar-refractivity contribution in [1.29, 1.82) is 0 Å². The van der Waals surface area contributed by atoms with Gasteiger partial charge < -0.3 is 15.5 Å². The van der Waals surface area contributed by atoms with E-state index in [0.29, 0.717) is 0 Å². The quantitative estimate of drug-likeness (QED) is 0.226. The number of likely N-dealkylation sites (N-methyl/N-ethyl adjacent to an activating group) is 1. The zero-order chi connectivity index (χ0) is 27.0. The van der Waals surface area contributed by atoms with Gasteiger partial charge in [-0.1, -0.05) is 36.4 Å². The molecule has 0 radical (unpaired) electrons. The Morgan fingerprint density at radius 3 is 2.19 bits per heavy atom. The summed E-state index contributed by atoms with van der Waals surface area (Å²) in [7, 11) is -2.99. The van der Waals surface area contributed by atoms with Crippen LogP contribution in [0.2, 0.25) is 0 Å². The summed E-state index contributed by atoms with van der Waals surface area (Å²) in [5, 5.41) is 31.5. The number of rotatable bonds is 12. The maximum absolute atomic E-state index is 12.9. The first kappa shape index (κ1) is 28.8. The van der Waals surface area contributed by atoms with E-state index in [-0.39, 0.29) is 22.9 Å². The summed E-state index contributed by atoms with van der Waals surface area (Å²) in [6.45, 7) is 1.54. The Kier molecular flexibility index (Phi) is 10.0. The van der Waals surface area contributed by atoms with Crippen LogP contribution in [0.4, 0.5) is 0 Å². The van der Waals surface area contributed by atoms with E-state index in [9.17, 15) is 33.1 Å². The predicted molar refractivity (Wildman–Crippen MR) is 129 cm³/mol. The molecule has 13 heteroatoms. The monoisotopic (exact) mass is 522 g/mol. The lowest BCUT2D eigenvalue weighted by atomic mass is 10.0. The Labute approximate surface area is 209 Å². The van der Waals surface area contributed by atoms with E-state index in [4.69, 9.17) is 5.11 Å². The number of hydrogen-bond acceptors (Lipinski definition) is 8. The highest BCUT2D eigenvalue weighted by Crippen LogP contribution is 2.14. The van der Waals surface area contributed by atoms with E-state index in [2.05, 4.69) is 10.3 Å². The molecule has 1 aromatic heterocycles. The molecule has 0 spiro atoms. The number of carboxylic acid groups (broad SMARTS) is 1. The largest absolute Gasteiger partial charge is 0.477 e. The molecule has 36 heavy (non-hydrogen) atoms. The topological polar surface area (TPSA) is 177 Å². The van der Waals surface area contributed by atoms with Crippen molar-refractivity contribution in [3.05, 3.63) is 65.5 Å². The molecule has 12 nitrogen and oxygen atoms in total. The second-order valence-corrected chi connectivity index (χ2v) is 10.8. The van der Waals surface area contributed by atoms with Crippen molar-refractivity contribution < 1.29 is 38.2 Å². The third-order valence-corrected chi connectivity index (χ3v) is 7.49. The number of benzene rings is 1. The van der Waals surface area contributed by atoms with Crippen LogP contribution in [0.15, 0.2) is 48.5 Å². The van der Waals surface area contributed by atoms with Crippen LogP contribution in [0, 0.1) is 0 Å². The average molecular weight is 523 g/mol. The lowest BCUT2D eigenvalue weighted by Gasteiger charge is -2.30. The van der Waals surface area contributed by atoms with E-state index in [1.807, 2.05) is 0 Å². The van der Waals surface area contributed by atoms with Crippen LogP contribution < -0.4 is 5.32 Å². The summed E-state index contributed by atoms with van der Waals surface area (Å²) >= 11 is 0. The second kappa shape index (κ2) is 12.5. The van der Waals surface area contributed by atoms with Crippen LogP contribution in [0.1, 0.15) is 40.4 Å². The summed E-state index contributed by atoms with van der Waals surface area (Å²) in [5.41, 5.74) is 0.172. The van der Waals surface area contributed by atoms with Gasteiger partial charge >= 0.3 is 5.97 Å². The minimum absolute atomic E-state index is 0.0930. The molecule has 4 N–H and O–H groups in total. The number of nitrogens with zero attached hydrogens (tertiary/aromatic N) is 3. The van der Waals surface area contributed by atoms with Crippen molar-refractivity contribution in [1.82, 2.24) is 19.7 Å². The van der Waals surface area contributed by atoms with Crippen molar-refractivity contribution in [2.24, 2.45) is 0 Å². The number of aliphatic hydroxyl groups is 1. The molecule has 0 saturated carbocycles. The van der Waals surface area contributed by atoms with Gasteiger partial charge in [-0.05, 0) is 38.0 Å². The second-order valence-electron chi connectivity index (χ2n) is 8.35. The molecule has 2 rings (SSSR count). The summed E-state index contributed by atoms with van der Waals surface area (Å²) in [6.07, 6.45) is -1.39. The highest BCUT2D eigenvalue weighted by atomic mass is 32.2. The fourth-order valence-corrected chi connectivity index (χ4v) is 4.47. The van der Waals surface area contributed by atoms with Gasteiger partial charge in [0, 0.05) is 13.6 Å². The molecule has 0 saturated heterocycles. The van der Waals surface area contributed by atoms with Gasteiger partial charge in [0.2, 0.25) is 10.0 Å². The minimum atomic E-state index is -4.04. The normalized spacial score (nSPS) is 13.3. The molecule has 2 aromatic rings. The molecule has 1 heterocycles. The fraction of sp³-hybridized carbons (Fsp3) is 0.391. The summed E-state index contributed by atoms with van der Waals surface area (Å²) in [5.74, 6) is -3.01. The number of amides is 2. The molecule has 196 valence electrons. The highest BCUT2D eigenvalue weighted by Gasteiger charge is 2.33. The Hall–Kier alpha value is -3.39. The molecule has 0 aliphatic heterocycles. The highest BCUT2D eigenvalue weighted by molar-refractivity contribution is 7.89. The Morgan fingerprint density at radius 2 is 1.64 bits per heavy atom. The first-order chi connectivity index (χ1) is 16.8. The zero-order valence-corrected chi connectivity index (χ0v) is 20.9. The first-order valence-corrected chi connectivity index (χ1v) is 12.5. The molecule has 2 amide bonds. The van der Waals surface area contributed by atoms with Crippen LogP contribution in [-0.4, -0.2) is 93.5 Å². The van der Waals surface area contributed by atoms with Gasteiger partial charge in [0.1, 0.15) is 11.4 Å². The van der Waals surface area contributed by atoms with Gasteiger partial charge in [0.05, 0.1) is 23.9 Å². The average Bonchev–Trinajstić information content (AvgIpc) is 2.83. The molecule has 2 unspecified atom stereocenters. The van der Waals surface area contributed by atoms with Crippen LogP contribution in [0.3, 0.4) is 0 Å². The van der Waals surface area contributed by atoms with E-state index >= 15 is 0 Å². The number of aliphatic hydroxyl groups excluding tert-OH is 1. The summed E-state index contributed by atoms with van der Waals surface area (Å²) in [6, 6.07) is 11.6. The smallest absolute Gasteiger partial charge is 0.354 e. The van der Waals surface area contributed by atoms with Gasteiger partial charge in [-0.25, -0.2) is 23.3 Å². The summed E-state index contributed by atoms with van der Waals surface area (Å²) < 4.78 is 26.5. The Balaban J connectivity index is 2.35. The fourth-order valence-electron chi connectivity index (χ4n) is 3.22. The minimum Gasteiger partial charge on any atom is -0.477 e. The zero-order valence-electron chi connectivity index (χ0n) is 20.1. The SMILES string of the molecule is CC(C)S(=O)(=O)N(CC(=O)N(C)O)CC(O)C(Cc1ccccc1)NC(=O)c1cccc(C(=O)O)n1. The molecule has 2 atom stereocenters. The number of pyridine rings is 1. The molecule has 0 fully saturated rings. The molecular weight excluding hydrogens is 492 g/mol. The number of nitrogens with one attached hydrogen (secondary N) is 1. The Bertz CT molecular complexity index is 1170. The van der Waals surface area contributed by atoms with E-state index < -0.39 is 58.3 Å². The third kappa shape index (κ3) is 7.81. The standard InChI is InChI=1S/C23H30N4O8S/c1-15(2)36(34,35)27(14-21(29)26(3)33)13-20(28)19(12-16-8-5-4-6-9-16)25-22(30)17-10-7-11-18(24-17)23(31)32/h4-11,15,19-20,28,33H,12-14H2,1-3H3,(H,25,30)(H,31,32). The molecular formula is C23H30N4O8S. The molecule has 0 bridgehead atoms. The van der Waals surface area contributed by atoms with E-state index in [1.54, 1.807) is 30.3 Å². The third-order valence-electron chi connectivity index (χ3n) is 5.30. The van der Waals surface area contributed by atoms with Crippen LogP contribution >= 0.6 is 0 Å². The number of aromatic carboxylic acids is 1. The van der Waals surface area contributed by atoms with Crippen LogP contribution in [0.25, 0.3) is 0 Å². The van der Waals surface area contributed by atoms with Crippen molar-refractivity contribution in [3.8, 4) is 0 Å². The number of carboxylic acids is 1. The van der Waals surface area contributed by atoms with Crippen LogP contribution in [0.5, 0.6) is 0 Å². The Morgan fingerprint density at radius 1 is 1.03 bits per heavy atom. The van der Waals surface area contributed by atoms with Crippen molar-refractivity contribution in [2.45, 2.75) is 37.7 Å². The van der Waals surface area contributed by atoms with Crippen molar-refractivity contribution in [3.63, 3.8) is 0 Å². The van der Waals surface area contributed by atoms with E-state index in [0.717, 1.165) is 16.9 Å². The van der Waals surface area contributed by atoms with Crippen molar-refractivity contribution in [2.75, 3.05) is 20.1 Å². The number of hydroxylamine groups is 2. The van der Waals surface area contributed by atoms with Gasteiger partial charge in [-0.3, -0.25) is 14.8 Å². The number of carbonyl (C=O) groups excluding carboxylic acids is 2. The van der Waals surface area contributed by atoms with Gasteiger partial charge in [-0.15, -0.1) is 0 Å². The van der Waals surface area contributed by atoms with Gasteiger partial charge in [0.15, 0.2) is 0 Å². The van der Waals surface area contributed by atoms with Crippen LogP contribution in [-0.2, 0) is 21.2 Å². The number of sulfonamides is 1. The van der Waals surface area contributed by atoms with Gasteiger partial charge in [0.25, 0.3) is 11.8 Å². The molecule has 0 aliphatic rings. The number of carbonyl (C=O) groups is 3. The summed E-state index contributed by atoms with van der Waals surface area (Å²) in [4.78, 5) is 40.0. The number of hydrogen-bond donors (Lipinski definition) is 4. The predicted octanol–water partition coefficient (Wildman–Crippen LogP) is 0.370. The van der Waals surface area contributed by atoms with Crippen molar-refractivity contribution >= 4 is 27.8 Å². The lowest BCUT2D eigenvalue weighted by molar-refractivity contribution is -0.159. The lowest BCUT2D eigenvalue weighted by Crippen LogP contribution is -2.53. The number of aromatic nitrogens is 1. The molecule has 1 aromatic carbocycles. The maximum Gasteiger partial charge on any atom is 0.354 e. The van der Waals surface area contributed by atoms with E-state index in [1.165, 1.54) is 32.0 Å². The molecule has 0 aliphatic carbocycles. The van der Waals surface area contributed by atoms with Gasteiger partial charge in [-0.2, -0.15) is 4.31 Å². The first-order valence-electron chi connectivity index (χ1n) is 11.0. The maximum atomic E-state index is 12.9.